The van der Waals surface area contributed by atoms with E-state index >= 15 is 0 Å². The van der Waals surface area contributed by atoms with Crippen molar-refractivity contribution in [2.75, 3.05) is 7.11 Å². The molecule has 0 spiro atoms. The van der Waals surface area contributed by atoms with E-state index in [1.54, 1.807) is 7.11 Å². The molecule has 0 aliphatic rings. The Morgan fingerprint density at radius 1 is 1.27 bits per heavy atom. The van der Waals surface area contributed by atoms with Gasteiger partial charge in [0, 0.05) is 5.39 Å². The summed E-state index contributed by atoms with van der Waals surface area (Å²) in [5.41, 5.74) is 3.78. The van der Waals surface area contributed by atoms with Crippen LogP contribution in [0.3, 0.4) is 0 Å². The minimum absolute atomic E-state index is 0.539. The topological polar surface area (TPSA) is 42.1 Å². The van der Waals surface area contributed by atoms with Crippen LogP contribution in [0.1, 0.15) is 21.5 Å². The van der Waals surface area contributed by atoms with E-state index in [-0.39, 0.29) is 0 Å². The molecule has 1 aromatic heterocycles. The fraction of sp³-hybridized carbons (Fsp3) is 0.250. The molecule has 78 valence electrons. The van der Waals surface area contributed by atoms with E-state index in [4.69, 9.17) is 4.74 Å². The number of rotatable bonds is 2. The van der Waals surface area contributed by atoms with Crippen molar-refractivity contribution in [1.82, 2.24) is 4.98 Å². The summed E-state index contributed by atoms with van der Waals surface area (Å²) in [6.07, 6.45) is 0.837. The number of benzene rings is 1. The number of hydrogen-bond donors (Lipinski definition) is 1. The Kier molecular flexibility index (Phi) is 2.23. The van der Waals surface area contributed by atoms with Gasteiger partial charge in [-0.25, -0.2) is 0 Å². The van der Waals surface area contributed by atoms with Crippen LogP contribution in [0.2, 0.25) is 0 Å². The molecule has 3 heteroatoms. The summed E-state index contributed by atoms with van der Waals surface area (Å²) in [6, 6.07) is 4.04. The number of ether oxygens (including phenoxy) is 1. The van der Waals surface area contributed by atoms with E-state index in [0.29, 0.717) is 11.4 Å². The van der Waals surface area contributed by atoms with Gasteiger partial charge in [-0.1, -0.05) is 12.1 Å². The zero-order valence-electron chi connectivity index (χ0n) is 9.05. The van der Waals surface area contributed by atoms with Gasteiger partial charge in [0.1, 0.15) is 0 Å². The maximum absolute atomic E-state index is 11.0. The third-order valence-electron chi connectivity index (χ3n) is 2.70. The van der Waals surface area contributed by atoms with E-state index in [2.05, 4.69) is 4.98 Å². The molecule has 0 amide bonds. The van der Waals surface area contributed by atoms with Gasteiger partial charge in [-0.15, -0.1) is 0 Å². The highest BCUT2D eigenvalue weighted by molar-refractivity contribution is 6.03. The van der Waals surface area contributed by atoms with E-state index in [0.717, 1.165) is 28.3 Å². The highest BCUT2D eigenvalue weighted by atomic mass is 16.5. The first kappa shape index (κ1) is 9.77. The molecular formula is C12H13NO2. The van der Waals surface area contributed by atoms with Gasteiger partial charge in [0.05, 0.1) is 18.2 Å². The van der Waals surface area contributed by atoms with Gasteiger partial charge in [0.2, 0.25) is 5.88 Å². The van der Waals surface area contributed by atoms with Gasteiger partial charge in [0.15, 0.2) is 6.29 Å². The van der Waals surface area contributed by atoms with E-state index in [1.165, 1.54) is 0 Å². The third-order valence-corrected chi connectivity index (χ3v) is 2.70. The van der Waals surface area contributed by atoms with Crippen LogP contribution < -0.4 is 4.74 Å². The van der Waals surface area contributed by atoms with Gasteiger partial charge in [-0.2, -0.15) is 0 Å². The SMILES string of the molecule is COc1[nH]c2c(C)ccc(C)c2c1C=O. The van der Waals surface area contributed by atoms with Crippen LogP contribution in [0.4, 0.5) is 0 Å². The van der Waals surface area contributed by atoms with Crippen molar-refractivity contribution in [3.8, 4) is 5.88 Å². The number of methoxy groups -OCH3 is 1. The van der Waals surface area contributed by atoms with Crippen molar-refractivity contribution in [3.05, 3.63) is 28.8 Å². The van der Waals surface area contributed by atoms with Crippen molar-refractivity contribution < 1.29 is 9.53 Å². The fourth-order valence-corrected chi connectivity index (χ4v) is 1.89. The monoisotopic (exact) mass is 203 g/mol. The van der Waals surface area contributed by atoms with Gasteiger partial charge in [-0.3, -0.25) is 4.79 Å². The number of fused-ring (bicyclic) bond motifs is 1. The molecule has 0 saturated heterocycles. The maximum Gasteiger partial charge on any atom is 0.202 e. The van der Waals surface area contributed by atoms with Crippen LogP contribution in [-0.4, -0.2) is 18.4 Å². The number of aldehydes is 1. The average Bonchev–Trinajstić information content (AvgIpc) is 2.63. The third kappa shape index (κ3) is 1.31. The van der Waals surface area contributed by atoms with Crippen LogP contribution in [0, 0.1) is 13.8 Å². The summed E-state index contributed by atoms with van der Waals surface area (Å²) in [7, 11) is 1.56. The molecule has 2 rings (SSSR count). The van der Waals surface area contributed by atoms with Crippen LogP contribution in [0.25, 0.3) is 10.9 Å². The van der Waals surface area contributed by atoms with Crippen molar-refractivity contribution >= 4 is 17.2 Å². The van der Waals surface area contributed by atoms with E-state index in [9.17, 15) is 4.79 Å². The van der Waals surface area contributed by atoms with Gasteiger partial charge in [0.25, 0.3) is 0 Å². The second kappa shape index (κ2) is 3.42. The predicted octanol–water partition coefficient (Wildman–Crippen LogP) is 2.61. The summed E-state index contributed by atoms with van der Waals surface area (Å²) in [4.78, 5) is 14.1. The van der Waals surface area contributed by atoms with E-state index < -0.39 is 0 Å². The zero-order valence-corrected chi connectivity index (χ0v) is 9.05. The lowest BCUT2D eigenvalue weighted by Crippen LogP contribution is -1.87. The first-order chi connectivity index (χ1) is 7.19. The average molecular weight is 203 g/mol. The molecule has 0 atom stereocenters. The Hall–Kier alpha value is -1.77. The highest BCUT2D eigenvalue weighted by Crippen LogP contribution is 2.30. The number of carbonyl (C=O) groups is 1. The number of carbonyl (C=O) groups excluding carboxylic acids is 1. The molecule has 0 aliphatic heterocycles. The summed E-state index contributed by atoms with van der Waals surface area (Å²) >= 11 is 0. The lowest BCUT2D eigenvalue weighted by Gasteiger charge is -1.99. The molecule has 3 nitrogen and oxygen atoms in total. The molecule has 0 fully saturated rings. The molecule has 1 aromatic carbocycles. The Labute approximate surface area is 88.1 Å². The molecule has 2 aromatic rings. The van der Waals surface area contributed by atoms with Gasteiger partial charge in [-0.05, 0) is 25.0 Å². The Morgan fingerprint density at radius 2 is 1.93 bits per heavy atom. The molecule has 1 N–H and O–H groups in total. The number of hydrogen-bond acceptors (Lipinski definition) is 2. The van der Waals surface area contributed by atoms with Crippen LogP contribution in [-0.2, 0) is 0 Å². The van der Waals surface area contributed by atoms with Crippen molar-refractivity contribution in [3.63, 3.8) is 0 Å². The van der Waals surface area contributed by atoms with Crippen LogP contribution >= 0.6 is 0 Å². The number of aryl methyl sites for hydroxylation is 2. The Morgan fingerprint density at radius 3 is 2.53 bits per heavy atom. The smallest absolute Gasteiger partial charge is 0.202 e. The first-order valence-electron chi connectivity index (χ1n) is 4.80. The summed E-state index contributed by atoms with van der Waals surface area (Å²) in [5.74, 6) is 0.539. The quantitative estimate of drug-likeness (QED) is 0.762. The molecule has 0 radical (unpaired) electrons. The molecule has 15 heavy (non-hydrogen) atoms. The normalized spacial score (nSPS) is 10.6. The van der Waals surface area contributed by atoms with Crippen LogP contribution in [0.15, 0.2) is 12.1 Å². The van der Waals surface area contributed by atoms with Gasteiger partial charge < -0.3 is 9.72 Å². The van der Waals surface area contributed by atoms with Crippen molar-refractivity contribution in [2.45, 2.75) is 13.8 Å². The Bertz CT molecular complexity index is 526. The number of H-pyrrole nitrogens is 1. The summed E-state index contributed by atoms with van der Waals surface area (Å²) in [5, 5.41) is 0.960. The molecule has 1 heterocycles. The standard InChI is InChI=1S/C12H13NO2/c1-7-4-5-8(2)11-10(7)9(6-14)12(13-11)15-3/h4-6,13H,1-3H3. The second-order valence-electron chi connectivity index (χ2n) is 3.64. The number of aromatic amines is 1. The molecule has 0 saturated carbocycles. The molecular weight excluding hydrogens is 190 g/mol. The largest absolute Gasteiger partial charge is 0.482 e. The van der Waals surface area contributed by atoms with Crippen LogP contribution in [0.5, 0.6) is 5.88 Å². The second-order valence-corrected chi connectivity index (χ2v) is 3.64. The first-order valence-corrected chi connectivity index (χ1v) is 4.80. The zero-order chi connectivity index (χ0) is 11.0. The maximum atomic E-state index is 11.0. The minimum Gasteiger partial charge on any atom is -0.482 e. The molecule has 0 unspecified atom stereocenters. The molecule has 0 aliphatic carbocycles. The highest BCUT2D eigenvalue weighted by Gasteiger charge is 2.14. The van der Waals surface area contributed by atoms with Gasteiger partial charge >= 0.3 is 0 Å². The number of aromatic nitrogens is 1. The van der Waals surface area contributed by atoms with E-state index in [1.807, 2.05) is 26.0 Å². The fourth-order valence-electron chi connectivity index (χ4n) is 1.89. The predicted molar refractivity (Wildman–Crippen MR) is 59.7 cm³/mol. The lowest BCUT2D eigenvalue weighted by molar-refractivity contribution is 0.112. The molecule has 0 bridgehead atoms. The summed E-state index contributed by atoms with van der Waals surface area (Å²) in [6.45, 7) is 3.99. The summed E-state index contributed by atoms with van der Waals surface area (Å²) < 4.78 is 5.14. The minimum atomic E-state index is 0.539. The van der Waals surface area contributed by atoms with Crippen molar-refractivity contribution in [2.24, 2.45) is 0 Å². The van der Waals surface area contributed by atoms with Crippen molar-refractivity contribution in [1.29, 1.82) is 0 Å². The number of nitrogens with one attached hydrogen (secondary N) is 1. The Balaban J connectivity index is 2.94. The lowest BCUT2D eigenvalue weighted by atomic mass is 10.0.